The average molecular weight is 225 g/mol. The van der Waals surface area contributed by atoms with Gasteiger partial charge in [0.2, 0.25) is 0 Å². The van der Waals surface area contributed by atoms with Crippen molar-refractivity contribution in [3.63, 3.8) is 0 Å². The molecule has 0 aliphatic rings. The van der Waals surface area contributed by atoms with Gasteiger partial charge in [-0.3, -0.25) is 0 Å². The van der Waals surface area contributed by atoms with Crippen LogP contribution in [0.3, 0.4) is 0 Å². The van der Waals surface area contributed by atoms with Gasteiger partial charge in [0, 0.05) is 11.4 Å². The van der Waals surface area contributed by atoms with Crippen LogP contribution in [0.4, 0.5) is 0 Å². The minimum atomic E-state index is -0.930. The summed E-state index contributed by atoms with van der Waals surface area (Å²) in [5.41, 5.74) is 0.238. The van der Waals surface area contributed by atoms with Gasteiger partial charge < -0.3 is 5.11 Å². The predicted octanol–water partition coefficient (Wildman–Crippen LogP) is 3.06. The van der Waals surface area contributed by atoms with Crippen LogP contribution in [0, 0.1) is 0 Å². The van der Waals surface area contributed by atoms with Gasteiger partial charge in [-0.1, -0.05) is 20.3 Å². The van der Waals surface area contributed by atoms with Crippen LogP contribution in [0.2, 0.25) is 0 Å². The third-order valence-electron chi connectivity index (χ3n) is 2.00. The van der Waals surface area contributed by atoms with Gasteiger partial charge in [-0.05, 0) is 18.6 Å². The van der Waals surface area contributed by atoms with Crippen LogP contribution in [0.1, 0.15) is 37.0 Å². The summed E-state index contributed by atoms with van der Waals surface area (Å²) in [5, 5.41) is 10.1. The zero-order valence-electron chi connectivity index (χ0n) is 8.93. The normalized spacial score (nSPS) is 12.4. The van der Waals surface area contributed by atoms with Gasteiger partial charge in [0.05, 0.1) is 10.6 Å². The van der Waals surface area contributed by atoms with Gasteiger partial charge in [-0.25, -0.2) is 9.78 Å². The number of thioether (sulfide) groups is 1. The summed E-state index contributed by atoms with van der Waals surface area (Å²) in [7, 11) is 0. The maximum absolute atomic E-state index is 10.6. The van der Waals surface area contributed by atoms with E-state index in [1.807, 2.05) is 0 Å². The second kappa shape index (κ2) is 5.75. The molecule has 0 aromatic carbocycles. The van der Waals surface area contributed by atoms with Crippen molar-refractivity contribution >= 4 is 17.7 Å². The summed E-state index contributed by atoms with van der Waals surface area (Å²) in [5.74, 6) is -0.930. The quantitative estimate of drug-likeness (QED) is 0.782. The second-order valence-electron chi connectivity index (χ2n) is 3.41. The lowest BCUT2D eigenvalue weighted by Gasteiger charge is -2.08. The summed E-state index contributed by atoms with van der Waals surface area (Å²) >= 11 is 1.68. The number of nitrogens with zero attached hydrogens (tertiary/aromatic N) is 1. The van der Waals surface area contributed by atoms with Crippen LogP contribution in [-0.2, 0) is 0 Å². The van der Waals surface area contributed by atoms with Gasteiger partial charge >= 0.3 is 5.97 Å². The number of hydrogen-bond donors (Lipinski definition) is 1. The van der Waals surface area contributed by atoms with E-state index in [1.54, 1.807) is 23.9 Å². The molecule has 0 radical (unpaired) electrons. The van der Waals surface area contributed by atoms with E-state index in [4.69, 9.17) is 5.11 Å². The summed E-state index contributed by atoms with van der Waals surface area (Å²) in [6, 6.07) is 3.36. The number of aromatic nitrogens is 1. The lowest BCUT2D eigenvalue weighted by atomic mass is 10.3. The van der Waals surface area contributed by atoms with E-state index in [0.717, 1.165) is 17.9 Å². The molecule has 4 heteroatoms. The first-order chi connectivity index (χ1) is 7.13. The third-order valence-corrected chi connectivity index (χ3v) is 3.12. The zero-order chi connectivity index (χ0) is 11.3. The van der Waals surface area contributed by atoms with Crippen molar-refractivity contribution in [1.29, 1.82) is 0 Å². The lowest BCUT2D eigenvalue weighted by molar-refractivity contribution is 0.0696. The number of hydrogen-bond acceptors (Lipinski definition) is 3. The molecule has 0 spiro atoms. The Morgan fingerprint density at radius 2 is 2.33 bits per heavy atom. The molecule has 1 atom stereocenters. The van der Waals surface area contributed by atoms with Crippen molar-refractivity contribution in [2.75, 3.05) is 0 Å². The Labute approximate surface area is 93.9 Å². The van der Waals surface area contributed by atoms with Crippen molar-refractivity contribution in [1.82, 2.24) is 4.98 Å². The zero-order valence-corrected chi connectivity index (χ0v) is 9.75. The van der Waals surface area contributed by atoms with E-state index in [-0.39, 0.29) is 5.56 Å². The standard InChI is InChI=1S/C11H15NO2S/c1-3-4-8(2)15-10-6-5-9(7-12-10)11(13)14/h5-8H,3-4H2,1-2H3,(H,13,14). The second-order valence-corrected chi connectivity index (χ2v) is 4.87. The largest absolute Gasteiger partial charge is 0.478 e. The van der Waals surface area contributed by atoms with Crippen molar-refractivity contribution in [3.05, 3.63) is 23.9 Å². The molecule has 1 N–H and O–H groups in total. The number of rotatable bonds is 5. The molecule has 0 saturated heterocycles. The fourth-order valence-electron chi connectivity index (χ4n) is 1.25. The van der Waals surface area contributed by atoms with Gasteiger partial charge in [0.15, 0.2) is 0 Å². The Morgan fingerprint density at radius 1 is 1.60 bits per heavy atom. The van der Waals surface area contributed by atoms with Crippen LogP contribution in [0.5, 0.6) is 0 Å². The molecule has 0 bridgehead atoms. The molecular weight excluding hydrogens is 210 g/mol. The third kappa shape index (κ3) is 3.91. The first kappa shape index (κ1) is 12.0. The SMILES string of the molecule is CCCC(C)Sc1ccc(C(=O)O)cn1. The van der Waals surface area contributed by atoms with Crippen LogP contribution in [0.15, 0.2) is 23.4 Å². The topological polar surface area (TPSA) is 50.2 Å². The summed E-state index contributed by atoms with van der Waals surface area (Å²) in [6.07, 6.45) is 3.71. The Morgan fingerprint density at radius 3 is 2.80 bits per heavy atom. The van der Waals surface area contributed by atoms with Gasteiger partial charge in [-0.2, -0.15) is 0 Å². The Bertz CT molecular complexity index is 324. The minimum absolute atomic E-state index is 0.238. The summed E-state index contributed by atoms with van der Waals surface area (Å²) in [6.45, 7) is 4.30. The van der Waals surface area contributed by atoms with Crippen molar-refractivity contribution < 1.29 is 9.90 Å². The molecule has 0 amide bonds. The molecule has 82 valence electrons. The highest BCUT2D eigenvalue weighted by molar-refractivity contribution is 7.99. The fourth-order valence-corrected chi connectivity index (χ4v) is 2.27. The van der Waals surface area contributed by atoms with E-state index in [0.29, 0.717) is 5.25 Å². The van der Waals surface area contributed by atoms with Crippen LogP contribution in [-0.4, -0.2) is 21.3 Å². The van der Waals surface area contributed by atoms with E-state index in [9.17, 15) is 4.79 Å². The highest BCUT2D eigenvalue weighted by atomic mass is 32.2. The minimum Gasteiger partial charge on any atom is -0.478 e. The number of carboxylic acids is 1. The number of carbonyl (C=O) groups is 1. The molecule has 1 aromatic rings. The van der Waals surface area contributed by atoms with E-state index in [2.05, 4.69) is 18.8 Å². The van der Waals surface area contributed by atoms with Gasteiger partial charge in [0.1, 0.15) is 0 Å². The summed E-state index contributed by atoms with van der Waals surface area (Å²) < 4.78 is 0. The van der Waals surface area contributed by atoms with Crippen molar-refractivity contribution in [3.8, 4) is 0 Å². The molecule has 0 aliphatic heterocycles. The molecule has 3 nitrogen and oxygen atoms in total. The molecular formula is C11H15NO2S. The van der Waals surface area contributed by atoms with Gasteiger partial charge in [0.25, 0.3) is 0 Å². The highest BCUT2D eigenvalue weighted by Gasteiger charge is 2.06. The summed E-state index contributed by atoms with van der Waals surface area (Å²) in [4.78, 5) is 14.7. The van der Waals surface area contributed by atoms with Crippen molar-refractivity contribution in [2.45, 2.75) is 37.0 Å². The lowest BCUT2D eigenvalue weighted by Crippen LogP contribution is -1.99. The maximum Gasteiger partial charge on any atom is 0.337 e. The van der Waals surface area contributed by atoms with Crippen LogP contribution < -0.4 is 0 Å². The highest BCUT2D eigenvalue weighted by Crippen LogP contribution is 2.23. The number of carboxylic acid groups (broad SMARTS) is 1. The average Bonchev–Trinajstić information content (AvgIpc) is 2.18. The smallest absolute Gasteiger partial charge is 0.337 e. The Balaban J connectivity index is 2.60. The molecule has 1 rings (SSSR count). The molecule has 1 heterocycles. The van der Waals surface area contributed by atoms with Crippen molar-refractivity contribution in [2.24, 2.45) is 0 Å². The maximum atomic E-state index is 10.6. The Kier molecular flexibility index (Phi) is 4.62. The molecule has 0 saturated carbocycles. The first-order valence-electron chi connectivity index (χ1n) is 4.99. The Hall–Kier alpha value is -1.03. The molecule has 0 fully saturated rings. The molecule has 1 aromatic heterocycles. The molecule has 1 unspecified atom stereocenters. The number of aromatic carboxylic acids is 1. The van der Waals surface area contributed by atoms with Crippen LogP contribution >= 0.6 is 11.8 Å². The molecule has 15 heavy (non-hydrogen) atoms. The number of pyridine rings is 1. The van der Waals surface area contributed by atoms with E-state index in [1.165, 1.54) is 6.20 Å². The van der Waals surface area contributed by atoms with E-state index < -0.39 is 5.97 Å². The van der Waals surface area contributed by atoms with E-state index >= 15 is 0 Å². The van der Waals surface area contributed by atoms with Gasteiger partial charge in [-0.15, -0.1) is 11.8 Å². The molecule has 0 aliphatic carbocycles. The first-order valence-corrected chi connectivity index (χ1v) is 5.87. The predicted molar refractivity (Wildman–Crippen MR) is 61.4 cm³/mol. The fraction of sp³-hybridized carbons (Fsp3) is 0.455. The monoisotopic (exact) mass is 225 g/mol. The van der Waals surface area contributed by atoms with Crippen LogP contribution in [0.25, 0.3) is 0 Å².